The third-order valence-electron chi connectivity index (χ3n) is 4.57. The van der Waals surface area contributed by atoms with E-state index in [1.165, 1.54) is 0 Å². The van der Waals surface area contributed by atoms with Crippen LogP contribution in [0.1, 0.15) is 22.3 Å². The molecular formula is C18H17ClN2O2. The van der Waals surface area contributed by atoms with E-state index >= 15 is 0 Å². The van der Waals surface area contributed by atoms with Crippen molar-refractivity contribution in [3.8, 4) is 0 Å². The second kappa shape index (κ2) is 5.64. The molecule has 118 valence electrons. The van der Waals surface area contributed by atoms with Gasteiger partial charge in [0.15, 0.2) is 0 Å². The summed E-state index contributed by atoms with van der Waals surface area (Å²) in [6.07, 6.45) is 1.02. The molecule has 0 radical (unpaired) electrons. The van der Waals surface area contributed by atoms with Crippen molar-refractivity contribution in [1.29, 1.82) is 0 Å². The molecule has 4 nitrogen and oxygen atoms in total. The molecular weight excluding hydrogens is 312 g/mol. The molecule has 2 unspecified atom stereocenters. The van der Waals surface area contributed by atoms with Gasteiger partial charge in [-0.1, -0.05) is 29.8 Å². The second-order valence-corrected chi connectivity index (χ2v) is 6.57. The molecule has 0 spiro atoms. The van der Waals surface area contributed by atoms with Crippen molar-refractivity contribution >= 4 is 23.2 Å². The quantitative estimate of drug-likeness (QED) is 0.910. The molecule has 2 heterocycles. The van der Waals surface area contributed by atoms with Gasteiger partial charge in [0.25, 0.3) is 5.91 Å². The molecule has 23 heavy (non-hydrogen) atoms. The lowest BCUT2D eigenvalue weighted by Crippen LogP contribution is -2.37. The Morgan fingerprint density at radius 2 is 2.09 bits per heavy atom. The lowest BCUT2D eigenvalue weighted by Gasteiger charge is -2.27. The Morgan fingerprint density at radius 3 is 2.70 bits per heavy atom. The number of nitrogens with one attached hydrogen (secondary N) is 2. The molecule has 0 aromatic heterocycles. The number of hydrogen-bond donors (Lipinski definition) is 2. The highest BCUT2D eigenvalue weighted by Crippen LogP contribution is 2.40. The van der Waals surface area contributed by atoms with E-state index in [4.69, 9.17) is 16.3 Å². The van der Waals surface area contributed by atoms with Crippen LogP contribution in [0.4, 0.5) is 5.69 Å². The zero-order valence-corrected chi connectivity index (χ0v) is 13.3. The van der Waals surface area contributed by atoms with E-state index < -0.39 is 0 Å². The van der Waals surface area contributed by atoms with Crippen molar-refractivity contribution in [2.45, 2.75) is 18.1 Å². The molecule has 2 bridgehead atoms. The molecule has 0 saturated carbocycles. The number of amides is 1. The molecule has 2 fully saturated rings. The predicted octanol–water partition coefficient (Wildman–Crippen LogP) is 3.18. The molecule has 1 amide bonds. The number of fused-ring (bicyclic) bond motifs is 2. The van der Waals surface area contributed by atoms with E-state index in [0.29, 0.717) is 16.6 Å². The SMILES string of the molecule is O=C(Nc1ccc(C23CNC(CO2)C3)cc1)c1cccc(Cl)c1. The fourth-order valence-corrected chi connectivity index (χ4v) is 3.52. The number of benzene rings is 2. The van der Waals surface area contributed by atoms with Crippen LogP contribution in [0.15, 0.2) is 48.5 Å². The Hall–Kier alpha value is -1.88. The summed E-state index contributed by atoms with van der Waals surface area (Å²) in [6.45, 7) is 1.62. The van der Waals surface area contributed by atoms with Crippen molar-refractivity contribution in [1.82, 2.24) is 5.32 Å². The highest BCUT2D eigenvalue weighted by molar-refractivity contribution is 6.31. The highest BCUT2D eigenvalue weighted by atomic mass is 35.5. The van der Waals surface area contributed by atoms with E-state index in [-0.39, 0.29) is 11.5 Å². The lowest BCUT2D eigenvalue weighted by molar-refractivity contribution is -0.00957. The summed E-state index contributed by atoms with van der Waals surface area (Å²) in [7, 11) is 0. The Balaban J connectivity index is 1.49. The van der Waals surface area contributed by atoms with E-state index in [0.717, 1.165) is 30.8 Å². The summed E-state index contributed by atoms with van der Waals surface area (Å²) in [4.78, 5) is 12.2. The Morgan fingerprint density at radius 1 is 1.26 bits per heavy atom. The van der Waals surface area contributed by atoms with Crippen LogP contribution in [0, 0.1) is 0 Å². The van der Waals surface area contributed by atoms with Crippen molar-refractivity contribution in [3.05, 3.63) is 64.7 Å². The zero-order chi connectivity index (χ0) is 15.9. The first-order valence-electron chi connectivity index (χ1n) is 7.69. The summed E-state index contributed by atoms with van der Waals surface area (Å²) < 4.78 is 5.96. The predicted molar refractivity (Wildman–Crippen MR) is 89.9 cm³/mol. The zero-order valence-electron chi connectivity index (χ0n) is 12.5. The maximum absolute atomic E-state index is 12.2. The molecule has 2 aromatic rings. The minimum atomic E-state index is -0.194. The molecule has 2 N–H and O–H groups in total. The van der Waals surface area contributed by atoms with E-state index in [1.807, 2.05) is 24.3 Å². The van der Waals surface area contributed by atoms with Crippen molar-refractivity contribution < 1.29 is 9.53 Å². The third-order valence-corrected chi connectivity index (χ3v) is 4.80. The van der Waals surface area contributed by atoms with E-state index in [9.17, 15) is 4.79 Å². The van der Waals surface area contributed by atoms with Crippen LogP contribution in [0.5, 0.6) is 0 Å². The van der Waals surface area contributed by atoms with Gasteiger partial charge >= 0.3 is 0 Å². The maximum Gasteiger partial charge on any atom is 0.255 e. The van der Waals surface area contributed by atoms with Crippen LogP contribution in [0.3, 0.4) is 0 Å². The Bertz CT molecular complexity index is 737. The number of hydrogen-bond acceptors (Lipinski definition) is 3. The van der Waals surface area contributed by atoms with Gasteiger partial charge in [-0.3, -0.25) is 4.79 Å². The van der Waals surface area contributed by atoms with Crippen molar-refractivity contribution in [3.63, 3.8) is 0 Å². The van der Waals surface area contributed by atoms with Gasteiger partial charge in [-0.2, -0.15) is 0 Å². The maximum atomic E-state index is 12.2. The van der Waals surface area contributed by atoms with Crippen LogP contribution in [0.2, 0.25) is 5.02 Å². The summed E-state index contributed by atoms with van der Waals surface area (Å²) in [6, 6.07) is 15.3. The highest BCUT2D eigenvalue weighted by Gasteiger charge is 2.47. The Kier molecular flexibility index (Phi) is 3.60. The second-order valence-electron chi connectivity index (χ2n) is 6.13. The first-order chi connectivity index (χ1) is 11.1. The average Bonchev–Trinajstić information content (AvgIpc) is 3.17. The van der Waals surface area contributed by atoms with E-state index in [2.05, 4.69) is 10.6 Å². The molecule has 5 heteroatoms. The molecule has 2 saturated heterocycles. The summed E-state index contributed by atoms with van der Waals surface area (Å²) in [5, 5.41) is 6.90. The minimum absolute atomic E-state index is 0.168. The first-order valence-corrected chi connectivity index (χ1v) is 8.07. The van der Waals surface area contributed by atoms with Crippen LogP contribution >= 0.6 is 11.6 Å². The monoisotopic (exact) mass is 328 g/mol. The molecule has 2 aromatic carbocycles. The van der Waals surface area contributed by atoms with E-state index in [1.54, 1.807) is 24.3 Å². The average molecular weight is 329 g/mol. The fraction of sp³-hybridized carbons (Fsp3) is 0.278. The number of halogens is 1. The van der Waals surface area contributed by atoms with Gasteiger partial charge in [0.05, 0.1) is 6.61 Å². The molecule has 2 atom stereocenters. The van der Waals surface area contributed by atoms with Crippen LogP contribution in [0.25, 0.3) is 0 Å². The van der Waals surface area contributed by atoms with Crippen LogP contribution in [-0.2, 0) is 10.3 Å². The number of rotatable bonds is 3. The summed E-state index contributed by atoms with van der Waals surface area (Å²) >= 11 is 5.92. The normalized spacial score (nSPS) is 25.5. The van der Waals surface area contributed by atoms with Crippen LogP contribution in [-0.4, -0.2) is 25.1 Å². The van der Waals surface area contributed by atoms with Crippen molar-refractivity contribution in [2.75, 3.05) is 18.5 Å². The van der Waals surface area contributed by atoms with Gasteiger partial charge < -0.3 is 15.4 Å². The molecule has 2 aliphatic heterocycles. The van der Waals surface area contributed by atoms with Gasteiger partial charge in [0, 0.05) is 28.9 Å². The third kappa shape index (κ3) is 2.74. The summed E-state index contributed by atoms with van der Waals surface area (Å²) in [5.41, 5.74) is 2.27. The van der Waals surface area contributed by atoms with Gasteiger partial charge in [-0.05, 0) is 42.3 Å². The van der Waals surface area contributed by atoms with Gasteiger partial charge in [-0.15, -0.1) is 0 Å². The smallest absolute Gasteiger partial charge is 0.255 e. The Labute approximate surface area is 139 Å². The largest absolute Gasteiger partial charge is 0.367 e. The molecule has 0 aliphatic carbocycles. The van der Waals surface area contributed by atoms with Gasteiger partial charge in [-0.25, -0.2) is 0 Å². The number of anilines is 1. The minimum Gasteiger partial charge on any atom is -0.367 e. The summed E-state index contributed by atoms with van der Waals surface area (Å²) in [5.74, 6) is -0.168. The van der Waals surface area contributed by atoms with Gasteiger partial charge in [0.2, 0.25) is 0 Å². The fourth-order valence-electron chi connectivity index (χ4n) is 3.33. The number of carbonyl (C=O) groups is 1. The number of ether oxygens (including phenoxy) is 1. The first kappa shape index (κ1) is 14.7. The van der Waals surface area contributed by atoms with Crippen LogP contribution < -0.4 is 10.6 Å². The van der Waals surface area contributed by atoms with Crippen molar-refractivity contribution in [2.24, 2.45) is 0 Å². The van der Waals surface area contributed by atoms with Gasteiger partial charge in [0.1, 0.15) is 5.60 Å². The topological polar surface area (TPSA) is 50.4 Å². The number of carbonyl (C=O) groups excluding carboxylic acids is 1. The number of morpholine rings is 1. The molecule has 4 rings (SSSR count). The molecule has 2 aliphatic rings. The standard InChI is InChI=1S/C18H17ClN2O2/c19-14-3-1-2-12(8-14)17(22)21-15-6-4-13(5-7-15)18-9-16(10-23-18)20-11-18/h1-8,16,20H,9-11H2,(H,21,22). The lowest BCUT2D eigenvalue weighted by atomic mass is 9.93.